The first kappa shape index (κ1) is 9.27. The molecule has 0 radical (unpaired) electrons. The molecule has 1 rings (SSSR count). The molecule has 1 heteroatoms. The number of hydrogen-bond acceptors (Lipinski definition) is 0. The third-order valence-corrected chi connectivity index (χ3v) is 2.13. The van der Waals surface area contributed by atoms with Gasteiger partial charge in [-0.3, -0.25) is 0 Å². The van der Waals surface area contributed by atoms with Crippen LogP contribution in [-0.4, -0.2) is 0 Å². The summed E-state index contributed by atoms with van der Waals surface area (Å²) >= 11 is 3.34. The van der Waals surface area contributed by atoms with Crippen LogP contribution in [0.4, 0.5) is 0 Å². The summed E-state index contributed by atoms with van der Waals surface area (Å²) in [6.45, 7) is 9.69. The molecule has 0 aromatic heterocycles. The van der Waals surface area contributed by atoms with Crippen LogP contribution in [0.2, 0.25) is 0 Å². The van der Waals surface area contributed by atoms with Gasteiger partial charge in [0.25, 0.3) is 0 Å². The van der Waals surface area contributed by atoms with E-state index < -0.39 is 0 Å². The number of benzene rings is 1. The normalized spacial score (nSPS) is 9.50. The molecule has 0 nitrogen and oxygen atoms in total. The molecule has 0 fully saturated rings. The van der Waals surface area contributed by atoms with E-state index in [9.17, 15) is 0 Å². The maximum absolute atomic E-state index is 3.88. The van der Waals surface area contributed by atoms with Gasteiger partial charge in [0.2, 0.25) is 0 Å². The van der Waals surface area contributed by atoms with Gasteiger partial charge in [-0.25, -0.2) is 0 Å². The zero-order chi connectivity index (χ0) is 9.14. The Balaban J connectivity index is 3.12. The van der Waals surface area contributed by atoms with Crippen LogP contribution in [0.5, 0.6) is 0 Å². The number of allylic oxidation sites excluding steroid dienone is 1. The van der Waals surface area contributed by atoms with Gasteiger partial charge in [0, 0.05) is 4.48 Å². The third-order valence-electron chi connectivity index (χ3n) is 1.67. The summed E-state index contributed by atoms with van der Waals surface area (Å²) in [6.07, 6.45) is 0. The highest BCUT2D eigenvalue weighted by Gasteiger charge is 1.96. The van der Waals surface area contributed by atoms with Gasteiger partial charge in [-0.1, -0.05) is 52.9 Å². The van der Waals surface area contributed by atoms with E-state index in [4.69, 9.17) is 0 Å². The topological polar surface area (TPSA) is 0 Å². The maximum atomic E-state index is 3.88. The summed E-state index contributed by atoms with van der Waals surface area (Å²) in [4.78, 5) is 0. The minimum Gasteiger partial charge on any atom is -0.0955 e. The molecule has 0 N–H and O–H groups in total. The van der Waals surface area contributed by atoms with Gasteiger partial charge in [-0.2, -0.15) is 0 Å². The van der Waals surface area contributed by atoms with Gasteiger partial charge >= 0.3 is 0 Å². The number of halogens is 1. The van der Waals surface area contributed by atoms with Crippen molar-refractivity contribution in [2.75, 3.05) is 0 Å². The Morgan fingerprint density at radius 1 is 1.25 bits per heavy atom. The summed E-state index contributed by atoms with van der Waals surface area (Å²) in [6, 6.07) is 8.14. The highest BCUT2D eigenvalue weighted by molar-refractivity contribution is 9.15. The highest BCUT2D eigenvalue weighted by Crippen LogP contribution is 2.21. The average Bonchev–Trinajstić information content (AvgIpc) is 2.04. The molecule has 0 atom stereocenters. The standard InChI is InChI=1S/C11H11Br/c1-8(2)10-5-4-6-11(7-10)9(3)12/h4-7H,1,3H2,2H3. The van der Waals surface area contributed by atoms with Crippen LogP contribution in [0.1, 0.15) is 18.1 Å². The fourth-order valence-electron chi connectivity index (χ4n) is 0.953. The molecular formula is C11H11Br. The molecule has 0 saturated carbocycles. The Kier molecular flexibility index (Phi) is 2.88. The summed E-state index contributed by atoms with van der Waals surface area (Å²) in [5.41, 5.74) is 3.34. The van der Waals surface area contributed by atoms with Crippen LogP contribution in [-0.2, 0) is 0 Å². The Hall–Kier alpha value is -0.820. The fourth-order valence-corrected chi connectivity index (χ4v) is 1.20. The van der Waals surface area contributed by atoms with Crippen LogP contribution in [0.3, 0.4) is 0 Å². The molecule has 1 aromatic carbocycles. The van der Waals surface area contributed by atoms with Crippen LogP contribution < -0.4 is 0 Å². The molecule has 1 aromatic rings. The second-order valence-electron chi connectivity index (χ2n) is 2.77. The second-order valence-corrected chi connectivity index (χ2v) is 3.72. The van der Waals surface area contributed by atoms with Crippen LogP contribution in [0.15, 0.2) is 37.4 Å². The zero-order valence-electron chi connectivity index (χ0n) is 7.10. The lowest BCUT2D eigenvalue weighted by molar-refractivity contribution is 1.56. The van der Waals surface area contributed by atoms with Crippen molar-refractivity contribution in [3.05, 3.63) is 48.6 Å². The van der Waals surface area contributed by atoms with Crippen molar-refractivity contribution < 1.29 is 0 Å². The fraction of sp³-hybridized carbons (Fsp3) is 0.0909. The molecule has 0 saturated heterocycles. The molecule has 0 heterocycles. The molecule has 0 spiro atoms. The molecule has 0 unspecified atom stereocenters. The molecule has 0 bridgehead atoms. The second kappa shape index (κ2) is 3.72. The molecule has 12 heavy (non-hydrogen) atoms. The van der Waals surface area contributed by atoms with Gasteiger partial charge in [-0.15, -0.1) is 0 Å². The van der Waals surface area contributed by atoms with Gasteiger partial charge < -0.3 is 0 Å². The van der Waals surface area contributed by atoms with Crippen LogP contribution >= 0.6 is 15.9 Å². The first-order chi connectivity index (χ1) is 5.61. The van der Waals surface area contributed by atoms with Crippen molar-refractivity contribution in [1.29, 1.82) is 0 Å². The van der Waals surface area contributed by atoms with Gasteiger partial charge in [-0.05, 0) is 24.1 Å². The quantitative estimate of drug-likeness (QED) is 0.708. The molecular weight excluding hydrogens is 212 g/mol. The van der Waals surface area contributed by atoms with Gasteiger partial charge in [0.15, 0.2) is 0 Å². The van der Waals surface area contributed by atoms with Crippen LogP contribution in [0, 0.1) is 0 Å². The Bertz CT molecular complexity index is 294. The van der Waals surface area contributed by atoms with Crippen LogP contribution in [0.25, 0.3) is 10.1 Å². The largest absolute Gasteiger partial charge is 0.0955 e. The van der Waals surface area contributed by atoms with E-state index in [1.807, 2.05) is 25.1 Å². The average molecular weight is 223 g/mol. The Morgan fingerprint density at radius 2 is 1.83 bits per heavy atom. The number of hydrogen-bond donors (Lipinski definition) is 0. The first-order valence-corrected chi connectivity index (χ1v) is 4.51. The van der Waals surface area contributed by atoms with E-state index in [-0.39, 0.29) is 0 Å². The third kappa shape index (κ3) is 2.08. The van der Waals surface area contributed by atoms with Gasteiger partial charge in [0.1, 0.15) is 0 Å². The predicted octanol–water partition coefficient (Wildman–Crippen LogP) is 4.09. The molecule has 0 aliphatic heterocycles. The summed E-state index contributed by atoms with van der Waals surface area (Å²) < 4.78 is 0.908. The zero-order valence-corrected chi connectivity index (χ0v) is 8.69. The Labute approximate surface area is 81.7 Å². The van der Waals surface area contributed by atoms with E-state index in [0.717, 1.165) is 21.2 Å². The summed E-state index contributed by atoms with van der Waals surface area (Å²) in [5, 5.41) is 0. The minimum absolute atomic E-state index is 0.908. The van der Waals surface area contributed by atoms with E-state index in [0.29, 0.717) is 0 Å². The van der Waals surface area contributed by atoms with Crippen molar-refractivity contribution in [1.82, 2.24) is 0 Å². The maximum Gasteiger partial charge on any atom is 0.0176 e. The molecule has 0 amide bonds. The predicted molar refractivity (Wildman–Crippen MR) is 59.1 cm³/mol. The lowest BCUT2D eigenvalue weighted by Crippen LogP contribution is -1.80. The Morgan fingerprint density at radius 3 is 2.33 bits per heavy atom. The van der Waals surface area contributed by atoms with Crippen molar-refractivity contribution in [3.8, 4) is 0 Å². The van der Waals surface area contributed by atoms with Crippen molar-refractivity contribution in [2.24, 2.45) is 0 Å². The van der Waals surface area contributed by atoms with E-state index in [2.05, 4.69) is 35.2 Å². The summed E-state index contributed by atoms with van der Waals surface area (Å²) in [7, 11) is 0. The molecule has 0 aliphatic rings. The summed E-state index contributed by atoms with van der Waals surface area (Å²) in [5.74, 6) is 0. The lowest BCUT2D eigenvalue weighted by atomic mass is 10.1. The highest BCUT2D eigenvalue weighted by atomic mass is 79.9. The van der Waals surface area contributed by atoms with Crippen molar-refractivity contribution in [2.45, 2.75) is 6.92 Å². The molecule has 0 aliphatic carbocycles. The first-order valence-electron chi connectivity index (χ1n) is 3.72. The smallest absolute Gasteiger partial charge is 0.0176 e. The number of rotatable bonds is 2. The monoisotopic (exact) mass is 222 g/mol. The van der Waals surface area contributed by atoms with E-state index >= 15 is 0 Å². The minimum atomic E-state index is 0.908. The van der Waals surface area contributed by atoms with E-state index in [1.165, 1.54) is 0 Å². The lowest BCUT2D eigenvalue weighted by Gasteiger charge is -2.02. The SMILES string of the molecule is C=C(C)c1cccc(C(=C)Br)c1. The van der Waals surface area contributed by atoms with Gasteiger partial charge in [0.05, 0.1) is 0 Å². The van der Waals surface area contributed by atoms with Crippen molar-refractivity contribution in [3.63, 3.8) is 0 Å². The van der Waals surface area contributed by atoms with E-state index in [1.54, 1.807) is 0 Å². The molecule has 62 valence electrons. The van der Waals surface area contributed by atoms with Crippen molar-refractivity contribution >= 4 is 26.0 Å².